The summed E-state index contributed by atoms with van der Waals surface area (Å²) in [4.78, 5) is 27.5. The summed E-state index contributed by atoms with van der Waals surface area (Å²) in [6, 6.07) is 19.8. The molecule has 2 heterocycles. The lowest BCUT2D eigenvalue weighted by molar-refractivity contribution is -0.123. The van der Waals surface area contributed by atoms with Gasteiger partial charge in [-0.3, -0.25) is 14.5 Å². The van der Waals surface area contributed by atoms with Crippen LogP contribution < -0.4 is 11.5 Å². The van der Waals surface area contributed by atoms with Gasteiger partial charge in [0.05, 0.1) is 5.92 Å². The zero-order valence-corrected chi connectivity index (χ0v) is 18.9. The second kappa shape index (κ2) is 12.4. The highest BCUT2D eigenvalue weighted by Gasteiger charge is 2.27. The average molecular weight is 437 g/mol. The molecule has 2 atom stereocenters. The van der Waals surface area contributed by atoms with E-state index in [4.69, 9.17) is 11.5 Å². The average Bonchev–Trinajstić information content (AvgIpc) is 2.85. The van der Waals surface area contributed by atoms with Crippen LogP contribution in [0.5, 0.6) is 0 Å². The number of amides is 2. The third-order valence-electron chi connectivity index (χ3n) is 6.32. The first kappa shape index (κ1) is 24.0. The van der Waals surface area contributed by atoms with Gasteiger partial charge >= 0.3 is 0 Å². The fraction of sp³-hybridized carbons (Fsp3) is 0.462. The topological polar surface area (TPSA) is 92.7 Å². The minimum Gasteiger partial charge on any atom is -0.369 e. The Morgan fingerprint density at radius 3 is 2.19 bits per heavy atom. The molecule has 2 saturated heterocycles. The predicted molar refractivity (Wildman–Crippen MR) is 128 cm³/mol. The Bertz CT molecular complexity index is 843. The highest BCUT2D eigenvalue weighted by Crippen LogP contribution is 2.19. The summed E-state index contributed by atoms with van der Waals surface area (Å²) >= 11 is 0. The Morgan fingerprint density at radius 2 is 1.53 bits per heavy atom. The molecule has 0 spiro atoms. The van der Waals surface area contributed by atoms with Crippen LogP contribution in [0.1, 0.15) is 41.6 Å². The van der Waals surface area contributed by atoms with Gasteiger partial charge in [0.1, 0.15) is 0 Å². The van der Waals surface area contributed by atoms with Crippen molar-refractivity contribution in [2.75, 3.05) is 32.7 Å². The molecule has 6 heteroatoms. The Hall–Kier alpha value is -2.70. The molecule has 2 aromatic rings. The Morgan fingerprint density at radius 1 is 0.875 bits per heavy atom. The van der Waals surface area contributed by atoms with Crippen LogP contribution in [0.2, 0.25) is 0 Å². The first-order chi connectivity index (χ1) is 15.6. The van der Waals surface area contributed by atoms with Crippen molar-refractivity contribution in [3.8, 4) is 0 Å². The Kier molecular flexibility index (Phi) is 9.26. The van der Waals surface area contributed by atoms with Gasteiger partial charge in [-0.05, 0) is 62.4 Å². The molecule has 0 aromatic heterocycles. The minimum absolute atomic E-state index is 0.0171. The van der Waals surface area contributed by atoms with E-state index in [0.717, 1.165) is 25.9 Å². The lowest BCUT2D eigenvalue weighted by atomic mass is 9.97. The van der Waals surface area contributed by atoms with E-state index < -0.39 is 0 Å². The van der Waals surface area contributed by atoms with Gasteiger partial charge in [-0.15, -0.1) is 0 Å². The molecule has 0 bridgehead atoms. The van der Waals surface area contributed by atoms with E-state index in [1.54, 1.807) is 17.0 Å². The summed E-state index contributed by atoms with van der Waals surface area (Å²) in [6.07, 6.45) is 4.23. The molecule has 2 aliphatic heterocycles. The number of hydrogen-bond donors (Lipinski definition) is 2. The van der Waals surface area contributed by atoms with Gasteiger partial charge in [0.25, 0.3) is 5.91 Å². The normalized spacial score (nSPS) is 21.3. The molecule has 4 rings (SSSR count). The van der Waals surface area contributed by atoms with E-state index in [2.05, 4.69) is 35.2 Å². The zero-order chi connectivity index (χ0) is 22.8. The van der Waals surface area contributed by atoms with Gasteiger partial charge in [-0.1, -0.05) is 48.5 Å². The fourth-order valence-electron chi connectivity index (χ4n) is 4.49. The second-order valence-corrected chi connectivity index (χ2v) is 8.82. The SMILES string of the molecule is NC(=O)C1CCCN(C(=O)c2ccccc2)C1.NCC1CCCN(Cc2ccccc2)C1. The van der Waals surface area contributed by atoms with E-state index in [1.807, 2.05) is 18.2 Å². The highest BCUT2D eigenvalue weighted by molar-refractivity contribution is 5.94. The van der Waals surface area contributed by atoms with E-state index in [-0.39, 0.29) is 17.7 Å². The summed E-state index contributed by atoms with van der Waals surface area (Å²) in [5, 5.41) is 0. The smallest absolute Gasteiger partial charge is 0.253 e. The number of likely N-dealkylation sites (tertiary alicyclic amines) is 2. The lowest BCUT2D eigenvalue weighted by Gasteiger charge is -2.32. The number of carbonyl (C=O) groups excluding carboxylic acids is 2. The maximum atomic E-state index is 12.1. The number of carbonyl (C=O) groups is 2. The van der Waals surface area contributed by atoms with E-state index >= 15 is 0 Å². The van der Waals surface area contributed by atoms with Gasteiger partial charge < -0.3 is 16.4 Å². The summed E-state index contributed by atoms with van der Waals surface area (Å²) in [7, 11) is 0. The van der Waals surface area contributed by atoms with Crippen molar-refractivity contribution in [3.63, 3.8) is 0 Å². The maximum Gasteiger partial charge on any atom is 0.253 e. The van der Waals surface area contributed by atoms with Crippen LogP contribution in [0.25, 0.3) is 0 Å². The summed E-state index contributed by atoms with van der Waals surface area (Å²) < 4.78 is 0. The summed E-state index contributed by atoms with van der Waals surface area (Å²) in [6.45, 7) is 5.47. The third kappa shape index (κ3) is 7.18. The number of benzene rings is 2. The van der Waals surface area contributed by atoms with Crippen molar-refractivity contribution in [2.24, 2.45) is 23.3 Å². The van der Waals surface area contributed by atoms with Crippen LogP contribution in [0.4, 0.5) is 0 Å². The molecule has 0 aliphatic carbocycles. The van der Waals surface area contributed by atoms with E-state index in [1.165, 1.54) is 31.5 Å². The molecule has 0 saturated carbocycles. The first-order valence-corrected chi connectivity index (χ1v) is 11.7. The largest absolute Gasteiger partial charge is 0.369 e. The summed E-state index contributed by atoms with van der Waals surface area (Å²) in [5.41, 5.74) is 13.1. The standard InChI is InChI=1S/C13H16N2O2.C13H20N2/c14-12(16)11-7-4-8-15(9-11)13(17)10-5-2-1-3-6-10;14-9-13-7-4-8-15(11-13)10-12-5-2-1-3-6-12/h1-3,5-6,11H,4,7-9H2,(H2,14,16);1-3,5-6,13H,4,7-11,14H2. The molecule has 2 unspecified atom stereocenters. The quantitative estimate of drug-likeness (QED) is 0.754. The molecule has 2 amide bonds. The van der Waals surface area contributed by atoms with Crippen LogP contribution in [0.3, 0.4) is 0 Å². The zero-order valence-electron chi connectivity index (χ0n) is 18.9. The Balaban J connectivity index is 0.000000182. The maximum absolute atomic E-state index is 12.1. The van der Waals surface area contributed by atoms with Crippen LogP contribution in [0, 0.1) is 11.8 Å². The van der Waals surface area contributed by atoms with E-state index in [9.17, 15) is 9.59 Å². The molecule has 4 N–H and O–H groups in total. The van der Waals surface area contributed by atoms with Crippen LogP contribution in [0.15, 0.2) is 60.7 Å². The van der Waals surface area contributed by atoms with Crippen LogP contribution >= 0.6 is 0 Å². The van der Waals surface area contributed by atoms with Crippen molar-refractivity contribution in [3.05, 3.63) is 71.8 Å². The first-order valence-electron chi connectivity index (χ1n) is 11.7. The molecule has 0 radical (unpaired) electrons. The number of primary amides is 1. The van der Waals surface area contributed by atoms with Crippen LogP contribution in [-0.4, -0.2) is 54.3 Å². The second-order valence-electron chi connectivity index (χ2n) is 8.82. The van der Waals surface area contributed by atoms with Gasteiger partial charge in [0.15, 0.2) is 0 Å². The molecule has 6 nitrogen and oxygen atoms in total. The number of nitrogens with two attached hydrogens (primary N) is 2. The fourth-order valence-corrected chi connectivity index (χ4v) is 4.49. The third-order valence-corrected chi connectivity index (χ3v) is 6.32. The van der Waals surface area contributed by atoms with Gasteiger partial charge in [0, 0.05) is 31.7 Å². The van der Waals surface area contributed by atoms with Gasteiger partial charge in [-0.2, -0.15) is 0 Å². The van der Waals surface area contributed by atoms with Crippen molar-refractivity contribution >= 4 is 11.8 Å². The van der Waals surface area contributed by atoms with Gasteiger partial charge in [0.2, 0.25) is 5.91 Å². The molecule has 172 valence electrons. The lowest BCUT2D eigenvalue weighted by Crippen LogP contribution is -2.44. The number of piperidine rings is 2. The van der Waals surface area contributed by atoms with E-state index in [0.29, 0.717) is 24.6 Å². The molecule has 32 heavy (non-hydrogen) atoms. The van der Waals surface area contributed by atoms with Crippen molar-refractivity contribution in [1.29, 1.82) is 0 Å². The summed E-state index contributed by atoms with van der Waals surface area (Å²) in [5.74, 6) is 0.186. The molecule has 2 aromatic carbocycles. The molecule has 2 fully saturated rings. The minimum atomic E-state index is -0.310. The van der Waals surface area contributed by atoms with Gasteiger partial charge in [-0.25, -0.2) is 0 Å². The monoisotopic (exact) mass is 436 g/mol. The number of hydrogen-bond acceptors (Lipinski definition) is 4. The molecular formula is C26H36N4O2. The number of rotatable bonds is 5. The highest BCUT2D eigenvalue weighted by atomic mass is 16.2. The Labute approximate surface area is 191 Å². The van der Waals surface area contributed by atoms with Crippen molar-refractivity contribution in [2.45, 2.75) is 32.2 Å². The van der Waals surface area contributed by atoms with Crippen molar-refractivity contribution in [1.82, 2.24) is 9.80 Å². The van der Waals surface area contributed by atoms with Crippen LogP contribution in [-0.2, 0) is 11.3 Å². The molecule has 2 aliphatic rings. The predicted octanol–water partition coefficient (Wildman–Crippen LogP) is 2.88. The number of nitrogens with zero attached hydrogens (tertiary/aromatic N) is 2. The van der Waals surface area contributed by atoms with Crippen molar-refractivity contribution < 1.29 is 9.59 Å². The molecular weight excluding hydrogens is 400 g/mol.